The Kier molecular flexibility index (Phi) is 4.26. The fraction of sp³-hybridized carbons (Fsp3) is 0.333. The number of aromatic amines is 1. The van der Waals surface area contributed by atoms with Crippen molar-refractivity contribution < 1.29 is 23.8 Å². The fourth-order valence-electron chi connectivity index (χ4n) is 2.30. The van der Waals surface area contributed by atoms with Gasteiger partial charge in [0, 0.05) is 16.1 Å². The molecule has 1 aromatic rings. The Hall–Kier alpha value is -2.37. The lowest BCUT2D eigenvalue weighted by molar-refractivity contribution is -0.136. The SMILES string of the molecule is CCOC(=O)c1[nH]c2c(c1CC(=O)O)=CC(=C(C)F)CC=2. The van der Waals surface area contributed by atoms with Crippen molar-refractivity contribution in [1.29, 1.82) is 0 Å². The summed E-state index contributed by atoms with van der Waals surface area (Å²) in [4.78, 5) is 25.8. The van der Waals surface area contributed by atoms with Gasteiger partial charge in [-0.25, -0.2) is 9.18 Å². The lowest BCUT2D eigenvalue weighted by Gasteiger charge is -2.04. The summed E-state index contributed by atoms with van der Waals surface area (Å²) in [7, 11) is 0. The van der Waals surface area contributed by atoms with Crippen LogP contribution in [-0.2, 0) is 16.0 Å². The third kappa shape index (κ3) is 3.04. The van der Waals surface area contributed by atoms with E-state index >= 15 is 0 Å². The van der Waals surface area contributed by atoms with Crippen LogP contribution in [0.1, 0.15) is 36.3 Å². The van der Waals surface area contributed by atoms with Gasteiger partial charge in [-0.3, -0.25) is 4.79 Å². The molecule has 0 aromatic carbocycles. The number of hydrogen-bond acceptors (Lipinski definition) is 3. The first-order valence-corrected chi connectivity index (χ1v) is 6.61. The minimum Gasteiger partial charge on any atom is -0.481 e. The Labute approximate surface area is 120 Å². The van der Waals surface area contributed by atoms with Gasteiger partial charge >= 0.3 is 11.9 Å². The molecule has 0 bridgehead atoms. The van der Waals surface area contributed by atoms with E-state index in [9.17, 15) is 14.0 Å². The predicted molar refractivity (Wildman–Crippen MR) is 74.7 cm³/mol. The quantitative estimate of drug-likeness (QED) is 0.813. The average Bonchev–Trinajstić information content (AvgIpc) is 2.76. The molecule has 0 saturated heterocycles. The monoisotopic (exact) mass is 293 g/mol. The first-order valence-electron chi connectivity index (χ1n) is 6.61. The Morgan fingerprint density at radius 3 is 2.76 bits per heavy atom. The number of carbonyl (C=O) groups excluding carboxylic acids is 1. The third-order valence-corrected chi connectivity index (χ3v) is 3.27. The minimum absolute atomic E-state index is 0.120. The predicted octanol–water partition coefficient (Wildman–Crippen LogP) is 1.03. The summed E-state index contributed by atoms with van der Waals surface area (Å²) >= 11 is 0. The molecule has 0 amide bonds. The maximum Gasteiger partial charge on any atom is 0.355 e. The molecular weight excluding hydrogens is 277 g/mol. The van der Waals surface area contributed by atoms with E-state index in [0.717, 1.165) is 0 Å². The molecule has 0 spiro atoms. The van der Waals surface area contributed by atoms with Gasteiger partial charge in [-0.2, -0.15) is 0 Å². The number of hydrogen-bond donors (Lipinski definition) is 2. The van der Waals surface area contributed by atoms with E-state index in [2.05, 4.69) is 4.98 Å². The number of nitrogens with one attached hydrogen (secondary N) is 1. The molecule has 2 N–H and O–H groups in total. The Bertz CT molecular complexity index is 738. The van der Waals surface area contributed by atoms with Crippen LogP contribution in [0.15, 0.2) is 11.4 Å². The van der Waals surface area contributed by atoms with Gasteiger partial charge in [0.15, 0.2) is 0 Å². The molecule has 0 atom stereocenters. The van der Waals surface area contributed by atoms with E-state index in [1.807, 2.05) is 0 Å². The standard InChI is InChI=1S/C15H16FNO4/c1-3-21-15(20)14-11(7-13(18)19)10-6-9(8(2)16)4-5-12(10)17-14/h5-6,17H,3-4,7H2,1-2H3,(H,18,19). The molecule has 1 aliphatic carbocycles. The zero-order valence-corrected chi connectivity index (χ0v) is 11.8. The number of ether oxygens (including phenoxy) is 1. The van der Waals surface area contributed by atoms with Crippen LogP contribution in [0.3, 0.4) is 0 Å². The molecule has 1 heterocycles. The summed E-state index contributed by atoms with van der Waals surface area (Å²) in [6.45, 7) is 3.21. The topological polar surface area (TPSA) is 79.4 Å². The average molecular weight is 293 g/mol. The molecule has 5 nitrogen and oxygen atoms in total. The summed E-state index contributed by atoms with van der Waals surface area (Å²) in [5.74, 6) is -1.99. The number of esters is 1. The Morgan fingerprint density at radius 1 is 1.48 bits per heavy atom. The van der Waals surface area contributed by atoms with Crippen LogP contribution < -0.4 is 10.6 Å². The van der Waals surface area contributed by atoms with Crippen LogP contribution in [0.25, 0.3) is 12.2 Å². The molecule has 0 fully saturated rings. The van der Waals surface area contributed by atoms with Crippen LogP contribution in [0.4, 0.5) is 4.39 Å². The van der Waals surface area contributed by atoms with E-state index in [1.165, 1.54) is 6.92 Å². The van der Waals surface area contributed by atoms with Crippen molar-refractivity contribution in [3.8, 4) is 0 Å². The van der Waals surface area contributed by atoms with Crippen molar-refractivity contribution in [2.45, 2.75) is 26.7 Å². The number of rotatable bonds is 4. The number of aliphatic carboxylic acids is 1. The first kappa shape index (κ1) is 15.0. The van der Waals surface area contributed by atoms with Crippen molar-refractivity contribution in [2.24, 2.45) is 0 Å². The van der Waals surface area contributed by atoms with Gasteiger partial charge in [-0.1, -0.05) is 6.08 Å². The van der Waals surface area contributed by atoms with Crippen LogP contribution in [0, 0.1) is 0 Å². The highest BCUT2D eigenvalue weighted by atomic mass is 19.1. The molecule has 0 radical (unpaired) electrons. The van der Waals surface area contributed by atoms with Gasteiger partial charge in [0.25, 0.3) is 0 Å². The van der Waals surface area contributed by atoms with Crippen molar-refractivity contribution in [2.75, 3.05) is 6.61 Å². The van der Waals surface area contributed by atoms with Crippen molar-refractivity contribution >= 4 is 24.1 Å². The molecule has 0 saturated carbocycles. The van der Waals surface area contributed by atoms with E-state index in [1.54, 1.807) is 19.1 Å². The highest BCUT2D eigenvalue weighted by molar-refractivity contribution is 5.91. The van der Waals surface area contributed by atoms with E-state index in [-0.39, 0.29) is 24.5 Å². The first-order chi connectivity index (χ1) is 9.93. The number of fused-ring (bicyclic) bond motifs is 1. The van der Waals surface area contributed by atoms with Gasteiger partial charge in [0.05, 0.1) is 13.0 Å². The van der Waals surface area contributed by atoms with Gasteiger partial charge in [-0.15, -0.1) is 0 Å². The molecule has 1 aromatic heterocycles. The largest absolute Gasteiger partial charge is 0.481 e. The lowest BCUT2D eigenvalue weighted by atomic mass is 10.0. The minimum atomic E-state index is -1.07. The maximum atomic E-state index is 13.4. The zero-order chi connectivity index (χ0) is 15.6. The summed E-state index contributed by atoms with van der Waals surface area (Å²) < 4.78 is 18.3. The number of aromatic nitrogens is 1. The highest BCUT2D eigenvalue weighted by Gasteiger charge is 2.20. The number of allylic oxidation sites excluding steroid dienone is 2. The van der Waals surface area contributed by atoms with Crippen LogP contribution in [0.5, 0.6) is 0 Å². The highest BCUT2D eigenvalue weighted by Crippen LogP contribution is 2.15. The second kappa shape index (κ2) is 5.95. The molecule has 21 heavy (non-hydrogen) atoms. The van der Waals surface area contributed by atoms with Gasteiger partial charge < -0.3 is 14.8 Å². The smallest absolute Gasteiger partial charge is 0.355 e. The molecule has 112 valence electrons. The summed E-state index contributed by atoms with van der Waals surface area (Å²) in [5, 5.41) is 10.2. The van der Waals surface area contributed by atoms with E-state index in [4.69, 9.17) is 9.84 Å². The van der Waals surface area contributed by atoms with Gasteiger partial charge in [0.2, 0.25) is 0 Å². The van der Waals surface area contributed by atoms with E-state index < -0.39 is 11.9 Å². The van der Waals surface area contributed by atoms with Crippen molar-refractivity contribution in [3.05, 3.63) is 33.2 Å². The zero-order valence-electron chi connectivity index (χ0n) is 11.8. The van der Waals surface area contributed by atoms with E-state index in [0.29, 0.717) is 28.1 Å². The summed E-state index contributed by atoms with van der Waals surface area (Å²) in [6, 6.07) is 0. The molecule has 6 heteroatoms. The number of carboxylic acid groups (broad SMARTS) is 1. The molecule has 1 aliphatic rings. The van der Waals surface area contributed by atoms with Crippen LogP contribution in [0.2, 0.25) is 0 Å². The van der Waals surface area contributed by atoms with Crippen LogP contribution >= 0.6 is 0 Å². The normalized spacial score (nSPS) is 15.6. The second-order valence-corrected chi connectivity index (χ2v) is 4.71. The molecule has 2 rings (SSSR count). The molecule has 0 unspecified atom stereocenters. The molecule has 0 aliphatic heterocycles. The molecular formula is C15H16FNO4. The van der Waals surface area contributed by atoms with Crippen LogP contribution in [-0.4, -0.2) is 28.6 Å². The Morgan fingerprint density at radius 2 is 2.19 bits per heavy atom. The number of carboxylic acids is 1. The number of H-pyrrole nitrogens is 1. The Balaban J connectivity index is 2.66. The van der Waals surface area contributed by atoms with Gasteiger partial charge in [0.1, 0.15) is 11.5 Å². The second-order valence-electron chi connectivity index (χ2n) is 4.71. The summed E-state index contributed by atoms with van der Waals surface area (Å²) in [6.07, 6.45) is 3.39. The number of halogens is 1. The van der Waals surface area contributed by atoms with Crippen molar-refractivity contribution in [1.82, 2.24) is 4.98 Å². The third-order valence-electron chi connectivity index (χ3n) is 3.27. The fourth-order valence-corrected chi connectivity index (χ4v) is 2.30. The number of carbonyl (C=O) groups is 2. The maximum absolute atomic E-state index is 13.4. The van der Waals surface area contributed by atoms with Crippen molar-refractivity contribution in [3.63, 3.8) is 0 Å². The van der Waals surface area contributed by atoms with Gasteiger partial charge in [-0.05, 0) is 31.9 Å². The summed E-state index contributed by atoms with van der Waals surface area (Å²) in [5.41, 5.74) is 0.920. The lowest BCUT2D eigenvalue weighted by Crippen LogP contribution is -2.28.